The van der Waals surface area contributed by atoms with E-state index in [1.807, 2.05) is 39.9 Å². The number of aryl methyl sites for hydroxylation is 1. The number of anilines is 1. The highest BCUT2D eigenvalue weighted by Crippen LogP contribution is 2.35. The first-order valence-electron chi connectivity index (χ1n) is 11.3. The van der Waals surface area contributed by atoms with Gasteiger partial charge in [-0.2, -0.15) is 18.4 Å². The Balaban J connectivity index is 1.47. The van der Waals surface area contributed by atoms with E-state index in [1.54, 1.807) is 12.1 Å². The van der Waals surface area contributed by atoms with Crippen molar-refractivity contribution in [3.05, 3.63) is 71.4 Å². The number of benzene rings is 2. The lowest BCUT2D eigenvalue weighted by Crippen LogP contribution is -2.36. The molecule has 0 radical (unpaired) electrons. The SMILES string of the molecule is N#CCCn1cc(C=CC(=O)NCc2ccc(N3CCOCC3)cc2C(F)(F)F)c2ccccc21. The molecule has 0 saturated carbocycles. The number of morpholine rings is 1. The van der Waals surface area contributed by atoms with Crippen LogP contribution >= 0.6 is 0 Å². The summed E-state index contributed by atoms with van der Waals surface area (Å²) in [6, 6.07) is 14.0. The Morgan fingerprint density at radius 3 is 2.69 bits per heavy atom. The van der Waals surface area contributed by atoms with Crippen LogP contribution in [0.4, 0.5) is 18.9 Å². The van der Waals surface area contributed by atoms with Gasteiger partial charge in [-0.15, -0.1) is 0 Å². The van der Waals surface area contributed by atoms with Crippen LogP contribution in [0.25, 0.3) is 17.0 Å². The second-order valence-electron chi connectivity index (χ2n) is 8.19. The summed E-state index contributed by atoms with van der Waals surface area (Å²) in [7, 11) is 0. The maximum atomic E-state index is 13.7. The summed E-state index contributed by atoms with van der Waals surface area (Å²) in [5, 5.41) is 12.4. The van der Waals surface area contributed by atoms with Crippen molar-refractivity contribution in [3.8, 4) is 6.07 Å². The highest BCUT2D eigenvalue weighted by Gasteiger charge is 2.34. The zero-order valence-electron chi connectivity index (χ0n) is 19.0. The van der Waals surface area contributed by atoms with Gasteiger partial charge in [0.25, 0.3) is 0 Å². The molecule has 9 heteroatoms. The van der Waals surface area contributed by atoms with Gasteiger partial charge < -0.3 is 19.5 Å². The second kappa shape index (κ2) is 10.7. The van der Waals surface area contributed by atoms with Crippen molar-refractivity contribution < 1.29 is 22.7 Å². The summed E-state index contributed by atoms with van der Waals surface area (Å²) in [6.45, 7) is 2.30. The number of para-hydroxylation sites is 1. The molecule has 1 amide bonds. The van der Waals surface area contributed by atoms with Crippen LogP contribution < -0.4 is 10.2 Å². The largest absolute Gasteiger partial charge is 0.416 e. The molecule has 0 atom stereocenters. The minimum atomic E-state index is -4.54. The van der Waals surface area contributed by atoms with E-state index >= 15 is 0 Å². The molecule has 1 fully saturated rings. The number of halogens is 3. The average molecular weight is 483 g/mol. The Labute approximate surface area is 201 Å². The summed E-state index contributed by atoms with van der Waals surface area (Å²) in [5.74, 6) is -0.496. The predicted molar refractivity (Wildman–Crippen MR) is 128 cm³/mol. The third-order valence-corrected chi connectivity index (χ3v) is 5.93. The quantitative estimate of drug-likeness (QED) is 0.494. The topological polar surface area (TPSA) is 70.3 Å². The fourth-order valence-corrected chi connectivity index (χ4v) is 4.17. The molecular formula is C26H25F3N4O2. The van der Waals surface area contributed by atoms with E-state index in [4.69, 9.17) is 10.00 Å². The Bertz CT molecular complexity index is 1270. The molecule has 4 rings (SSSR count). The van der Waals surface area contributed by atoms with Gasteiger partial charge in [-0.1, -0.05) is 24.3 Å². The molecule has 6 nitrogen and oxygen atoms in total. The molecule has 1 saturated heterocycles. The Morgan fingerprint density at radius 1 is 1.17 bits per heavy atom. The van der Waals surface area contributed by atoms with E-state index in [2.05, 4.69) is 11.4 Å². The number of hydrogen-bond acceptors (Lipinski definition) is 4. The lowest BCUT2D eigenvalue weighted by Gasteiger charge is -2.29. The molecule has 182 valence electrons. The van der Waals surface area contributed by atoms with E-state index in [1.165, 1.54) is 12.1 Å². The number of alkyl halides is 3. The normalized spacial score (nSPS) is 14.4. The molecular weight excluding hydrogens is 457 g/mol. The van der Waals surface area contributed by atoms with Crippen molar-refractivity contribution in [2.45, 2.75) is 25.7 Å². The maximum absolute atomic E-state index is 13.7. The standard InChI is InChI=1S/C26H25F3N4O2/c27-26(28,29)23-16-21(32-12-14-35-15-13-32)8-6-19(23)17-31-25(34)9-7-20-18-33(11-3-10-30)24-5-2-1-4-22(20)24/h1-2,4-9,16,18H,3,11-15,17H2,(H,31,34). The van der Waals surface area contributed by atoms with Gasteiger partial charge in [-0.3, -0.25) is 4.79 Å². The number of rotatable bonds is 7. The first-order chi connectivity index (χ1) is 16.9. The van der Waals surface area contributed by atoms with Crippen LogP contribution in [-0.2, 0) is 28.8 Å². The van der Waals surface area contributed by atoms with Gasteiger partial charge in [0.1, 0.15) is 0 Å². The number of nitrogens with one attached hydrogen (secondary N) is 1. The summed E-state index contributed by atoms with van der Waals surface area (Å²) in [4.78, 5) is 14.3. The monoisotopic (exact) mass is 482 g/mol. The van der Waals surface area contributed by atoms with E-state index in [0.29, 0.717) is 45.0 Å². The number of carbonyl (C=O) groups excluding carboxylic acids is 1. The van der Waals surface area contributed by atoms with E-state index in [0.717, 1.165) is 22.5 Å². The first-order valence-corrected chi connectivity index (χ1v) is 11.3. The zero-order valence-corrected chi connectivity index (χ0v) is 19.0. The number of amides is 1. The lowest BCUT2D eigenvalue weighted by molar-refractivity contribution is -0.138. The van der Waals surface area contributed by atoms with E-state index < -0.39 is 17.6 Å². The summed E-state index contributed by atoms with van der Waals surface area (Å²) in [5.41, 5.74) is 1.47. The lowest BCUT2D eigenvalue weighted by atomic mass is 10.0. The van der Waals surface area contributed by atoms with Crippen molar-refractivity contribution in [2.24, 2.45) is 0 Å². The van der Waals surface area contributed by atoms with Crippen LogP contribution in [0.2, 0.25) is 0 Å². The third-order valence-electron chi connectivity index (χ3n) is 5.93. The van der Waals surface area contributed by atoms with Crippen LogP contribution in [0.5, 0.6) is 0 Å². The number of nitrogens with zero attached hydrogens (tertiary/aromatic N) is 3. The predicted octanol–water partition coefficient (Wildman–Crippen LogP) is 4.74. The molecule has 0 spiro atoms. The van der Waals surface area contributed by atoms with Crippen LogP contribution in [0.15, 0.2) is 54.7 Å². The molecule has 2 heterocycles. The molecule has 1 aromatic heterocycles. The van der Waals surface area contributed by atoms with Crippen LogP contribution in [0, 0.1) is 11.3 Å². The average Bonchev–Trinajstić information content (AvgIpc) is 3.22. The molecule has 0 unspecified atom stereocenters. The number of aromatic nitrogens is 1. The molecule has 1 aliphatic rings. The van der Waals surface area contributed by atoms with Crippen molar-refractivity contribution in [1.29, 1.82) is 5.26 Å². The Morgan fingerprint density at radius 2 is 1.94 bits per heavy atom. The molecule has 35 heavy (non-hydrogen) atoms. The molecule has 3 aromatic rings. The fourth-order valence-electron chi connectivity index (χ4n) is 4.17. The van der Waals surface area contributed by atoms with E-state index in [-0.39, 0.29) is 12.1 Å². The van der Waals surface area contributed by atoms with Crippen molar-refractivity contribution in [2.75, 3.05) is 31.2 Å². The van der Waals surface area contributed by atoms with Gasteiger partial charge in [-0.25, -0.2) is 0 Å². The Kier molecular flexibility index (Phi) is 7.42. The highest BCUT2D eigenvalue weighted by molar-refractivity contribution is 5.96. The summed E-state index contributed by atoms with van der Waals surface area (Å²) in [6.07, 6.45) is 0.619. The molecule has 1 N–H and O–H groups in total. The molecule has 2 aromatic carbocycles. The summed E-state index contributed by atoms with van der Waals surface area (Å²) >= 11 is 0. The van der Waals surface area contributed by atoms with Crippen molar-refractivity contribution in [3.63, 3.8) is 0 Å². The van der Waals surface area contributed by atoms with Gasteiger partial charge >= 0.3 is 6.18 Å². The van der Waals surface area contributed by atoms with E-state index in [9.17, 15) is 18.0 Å². The van der Waals surface area contributed by atoms with Gasteiger partial charge in [0.15, 0.2) is 0 Å². The number of hydrogen-bond donors (Lipinski definition) is 1. The van der Waals surface area contributed by atoms with Crippen LogP contribution in [-0.4, -0.2) is 36.8 Å². The van der Waals surface area contributed by atoms with Gasteiger partial charge in [0, 0.05) is 60.6 Å². The molecule has 1 aliphatic heterocycles. The van der Waals surface area contributed by atoms with Crippen LogP contribution in [0.3, 0.4) is 0 Å². The number of nitriles is 1. The smallest absolute Gasteiger partial charge is 0.378 e. The maximum Gasteiger partial charge on any atom is 0.416 e. The third kappa shape index (κ3) is 5.84. The van der Waals surface area contributed by atoms with Crippen molar-refractivity contribution >= 4 is 28.6 Å². The van der Waals surface area contributed by atoms with Crippen LogP contribution in [0.1, 0.15) is 23.1 Å². The molecule has 0 aliphatic carbocycles. The summed E-state index contributed by atoms with van der Waals surface area (Å²) < 4.78 is 48.4. The Hall–Kier alpha value is -3.77. The van der Waals surface area contributed by atoms with Crippen molar-refractivity contribution in [1.82, 2.24) is 9.88 Å². The molecule has 0 bridgehead atoms. The fraction of sp³-hybridized carbons (Fsp3) is 0.308. The minimum absolute atomic E-state index is 0.00404. The number of ether oxygens (including phenoxy) is 1. The van der Waals surface area contributed by atoms with Gasteiger partial charge in [0.2, 0.25) is 5.91 Å². The zero-order chi connectivity index (χ0) is 24.8. The minimum Gasteiger partial charge on any atom is -0.378 e. The number of carbonyl (C=O) groups is 1. The first kappa shape index (κ1) is 24.4. The second-order valence-corrected chi connectivity index (χ2v) is 8.19. The highest BCUT2D eigenvalue weighted by atomic mass is 19.4. The number of fused-ring (bicyclic) bond motifs is 1. The van der Waals surface area contributed by atoms with Gasteiger partial charge in [0.05, 0.1) is 31.3 Å². The van der Waals surface area contributed by atoms with Gasteiger partial charge in [-0.05, 0) is 29.8 Å².